The molecule has 0 aliphatic rings. The number of carbonyl (C=O) groups excluding carboxylic acids is 1. The number of benzene rings is 3. The van der Waals surface area contributed by atoms with Crippen molar-refractivity contribution in [3.8, 4) is 16.9 Å². The van der Waals surface area contributed by atoms with Crippen molar-refractivity contribution in [3.63, 3.8) is 0 Å². The van der Waals surface area contributed by atoms with Gasteiger partial charge < -0.3 is 14.2 Å². The molecule has 0 N–H and O–H groups in total. The Bertz CT molecular complexity index is 902. The summed E-state index contributed by atoms with van der Waals surface area (Å²) in [7, 11) is 1.50. The molecule has 0 spiro atoms. The predicted octanol–water partition coefficient (Wildman–Crippen LogP) is 5.36. The molecule has 0 amide bonds. The van der Waals surface area contributed by atoms with Crippen molar-refractivity contribution in [1.29, 1.82) is 0 Å². The van der Waals surface area contributed by atoms with Crippen LogP contribution >= 0.6 is 0 Å². The molecular weight excluding hydrogens is 364 g/mol. The van der Waals surface area contributed by atoms with Crippen molar-refractivity contribution in [2.24, 2.45) is 0 Å². The summed E-state index contributed by atoms with van der Waals surface area (Å²) in [4.78, 5) is 12.4. The minimum absolute atomic E-state index is 0.265. The first-order valence-corrected chi connectivity index (χ1v) is 9.65. The second-order valence-corrected chi connectivity index (χ2v) is 6.98. The van der Waals surface area contributed by atoms with Crippen LogP contribution in [-0.4, -0.2) is 25.8 Å². The lowest BCUT2D eigenvalue weighted by molar-refractivity contribution is -0.162. The van der Waals surface area contributed by atoms with Crippen molar-refractivity contribution in [3.05, 3.63) is 90.0 Å². The zero-order valence-corrected chi connectivity index (χ0v) is 17.0. The van der Waals surface area contributed by atoms with Gasteiger partial charge in [0.2, 0.25) is 0 Å². The summed E-state index contributed by atoms with van der Waals surface area (Å²) in [5.41, 5.74) is 4.29. The molecule has 0 aliphatic heterocycles. The number of methoxy groups -OCH3 is 1. The van der Waals surface area contributed by atoms with Crippen molar-refractivity contribution in [2.45, 2.75) is 26.1 Å². The lowest BCUT2D eigenvalue weighted by atomic mass is 10.0. The molecule has 0 aromatic heterocycles. The maximum atomic E-state index is 12.4. The van der Waals surface area contributed by atoms with Gasteiger partial charge in [0.25, 0.3) is 0 Å². The molecule has 2 atom stereocenters. The fraction of sp³-hybridized carbons (Fsp3) is 0.240. The van der Waals surface area contributed by atoms with Gasteiger partial charge in [-0.3, -0.25) is 0 Å². The Balaban J connectivity index is 1.53. The van der Waals surface area contributed by atoms with Crippen LogP contribution in [-0.2, 0) is 14.3 Å². The molecule has 3 aromatic rings. The van der Waals surface area contributed by atoms with E-state index in [0.717, 1.165) is 22.4 Å². The average molecular weight is 390 g/mol. The van der Waals surface area contributed by atoms with Crippen LogP contribution < -0.4 is 4.74 Å². The first-order valence-electron chi connectivity index (χ1n) is 9.65. The highest BCUT2D eigenvalue weighted by Gasteiger charge is 2.23. The summed E-state index contributed by atoms with van der Waals surface area (Å²) >= 11 is 0. The third kappa shape index (κ3) is 5.69. The molecule has 0 bridgehead atoms. The maximum Gasteiger partial charge on any atom is 0.340 e. The Morgan fingerprint density at radius 2 is 1.45 bits per heavy atom. The highest BCUT2D eigenvalue weighted by atomic mass is 16.6. The van der Waals surface area contributed by atoms with E-state index < -0.39 is 18.2 Å². The second kappa shape index (κ2) is 9.89. The molecule has 150 valence electrons. The van der Waals surface area contributed by atoms with E-state index in [2.05, 4.69) is 31.2 Å². The highest BCUT2D eigenvalue weighted by Crippen LogP contribution is 2.23. The van der Waals surface area contributed by atoms with Crippen molar-refractivity contribution >= 4 is 5.97 Å². The normalized spacial score (nSPS) is 12.8. The number of carbonyl (C=O) groups is 1. The van der Waals surface area contributed by atoms with Crippen LogP contribution in [0.5, 0.6) is 5.75 Å². The topological polar surface area (TPSA) is 44.8 Å². The predicted molar refractivity (Wildman–Crippen MR) is 114 cm³/mol. The Morgan fingerprint density at radius 3 is 2.03 bits per heavy atom. The third-order valence-electron chi connectivity index (χ3n) is 4.59. The smallest absolute Gasteiger partial charge is 0.340 e. The maximum absolute atomic E-state index is 12.4. The van der Waals surface area contributed by atoms with Gasteiger partial charge in [-0.25, -0.2) is 4.79 Å². The monoisotopic (exact) mass is 390 g/mol. The third-order valence-corrected chi connectivity index (χ3v) is 4.59. The standard InChI is InChI=1S/C25H26O4/c1-18-9-11-20(12-10-18)21-13-15-23(16-14-21)28-17-19(2)29-25(26)24(27-3)22-7-5-4-6-8-22/h4-16,19,24H,17H2,1-3H3. The SMILES string of the molecule is COC(C(=O)OC(C)COc1ccc(-c2ccc(C)cc2)cc1)c1ccccc1. The lowest BCUT2D eigenvalue weighted by Gasteiger charge is -2.19. The Labute approximate surface area is 172 Å². The molecular formula is C25H26O4. The molecule has 0 saturated carbocycles. The van der Waals surface area contributed by atoms with Crippen LogP contribution in [0.15, 0.2) is 78.9 Å². The van der Waals surface area contributed by atoms with Gasteiger partial charge in [0.15, 0.2) is 6.10 Å². The number of ether oxygens (including phenoxy) is 3. The molecule has 0 fully saturated rings. The van der Waals surface area contributed by atoms with Gasteiger partial charge in [0, 0.05) is 7.11 Å². The summed E-state index contributed by atoms with van der Waals surface area (Å²) in [5, 5.41) is 0. The number of hydrogen-bond donors (Lipinski definition) is 0. The molecule has 3 aromatic carbocycles. The first-order chi connectivity index (χ1) is 14.1. The zero-order valence-electron chi connectivity index (χ0n) is 17.0. The molecule has 4 nitrogen and oxygen atoms in total. The summed E-state index contributed by atoms with van der Waals surface area (Å²) in [6.07, 6.45) is -1.15. The Morgan fingerprint density at radius 1 is 0.862 bits per heavy atom. The second-order valence-electron chi connectivity index (χ2n) is 6.98. The molecule has 0 aliphatic carbocycles. The van der Waals surface area contributed by atoms with Crippen molar-refractivity contribution < 1.29 is 19.0 Å². The molecule has 2 unspecified atom stereocenters. The van der Waals surface area contributed by atoms with Crippen molar-refractivity contribution in [2.75, 3.05) is 13.7 Å². The van der Waals surface area contributed by atoms with E-state index in [1.165, 1.54) is 12.7 Å². The van der Waals surface area contributed by atoms with Gasteiger partial charge in [-0.2, -0.15) is 0 Å². The van der Waals surface area contributed by atoms with E-state index in [4.69, 9.17) is 14.2 Å². The Hall–Kier alpha value is -3.11. The molecule has 0 saturated heterocycles. The van der Waals surface area contributed by atoms with Gasteiger partial charge >= 0.3 is 5.97 Å². The fourth-order valence-electron chi connectivity index (χ4n) is 2.99. The van der Waals surface area contributed by atoms with Crippen LogP contribution in [0.1, 0.15) is 24.2 Å². The van der Waals surface area contributed by atoms with E-state index in [0.29, 0.717) is 0 Å². The van der Waals surface area contributed by atoms with Crippen LogP contribution in [0.2, 0.25) is 0 Å². The number of hydrogen-bond acceptors (Lipinski definition) is 4. The van der Waals surface area contributed by atoms with Gasteiger partial charge in [0.1, 0.15) is 18.5 Å². The van der Waals surface area contributed by atoms with Gasteiger partial charge in [-0.15, -0.1) is 0 Å². The van der Waals surface area contributed by atoms with E-state index in [1.807, 2.05) is 54.6 Å². The summed E-state index contributed by atoms with van der Waals surface area (Å²) in [6.45, 7) is 4.14. The van der Waals surface area contributed by atoms with Crippen LogP contribution in [0.25, 0.3) is 11.1 Å². The molecule has 3 rings (SSSR count). The minimum Gasteiger partial charge on any atom is -0.490 e. The molecule has 4 heteroatoms. The van der Waals surface area contributed by atoms with E-state index in [-0.39, 0.29) is 6.61 Å². The zero-order chi connectivity index (χ0) is 20.6. The number of aryl methyl sites for hydroxylation is 1. The van der Waals surface area contributed by atoms with E-state index in [9.17, 15) is 4.79 Å². The van der Waals surface area contributed by atoms with Crippen LogP contribution in [0, 0.1) is 6.92 Å². The van der Waals surface area contributed by atoms with Crippen molar-refractivity contribution in [1.82, 2.24) is 0 Å². The lowest BCUT2D eigenvalue weighted by Crippen LogP contribution is -2.26. The van der Waals surface area contributed by atoms with Crippen LogP contribution in [0.3, 0.4) is 0 Å². The molecule has 29 heavy (non-hydrogen) atoms. The molecule has 0 radical (unpaired) electrons. The quantitative estimate of drug-likeness (QED) is 0.486. The number of rotatable bonds is 8. The first kappa shape index (κ1) is 20.6. The Kier molecular flexibility index (Phi) is 7.04. The highest BCUT2D eigenvalue weighted by molar-refractivity contribution is 5.76. The summed E-state index contributed by atoms with van der Waals surface area (Å²) in [5.74, 6) is 0.305. The average Bonchev–Trinajstić information content (AvgIpc) is 2.74. The number of esters is 1. The fourth-order valence-corrected chi connectivity index (χ4v) is 2.99. The largest absolute Gasteiger partial charge is 0.490 e. The van der Waals surface area contributed by atoms with Gasteiger partial charge in [-0.1, -0.05) is 72.3 Å². The van der Waals surface area contributed by atoms with Gasteiger partial charge in [-0.05, 0) is 42.7 Å². The van der Waals surface area contributed by atoms with E-state index >= 15 is 0 Å². The van der Waals surface area contributed by atoms with Gasteiger partial charge in [0.05, 0.1) is 0 Å². The summed E-state index contributed by atoms with van der Waals surface area (Å²) < 4.78 is 16.6. The summed E-state index contributed by atoms with van der Waals surface area (Å²) in [6, 6.07) is 25.6. The minimum atomic E-state index is -0.743. The van der Waals surface area contributed by atoms with E-state index in [1.54, 1.807) is 6.92 Å². The van der Waals surface area contributed by atoms with Crippen LogP contribution in [0.4, 0.5) is 0 Å². The molecule has 0 heterocycles.